The van der Waals surface area contributed by atoms with Crippen molar-refractivity contribution in [1.82, 2.24) is 0 Å². The van der Waals surface area contributed by atoms with Gasteiger partial charge >= 0.3 is 0 Å². The van der Waals surface area contributed by atoms with Crippen molar-refractivity contribution in [2.24, 2.45) is 5.92 Å². The van der Waals surface area contributed by atoms with E-state index < -0.39 is 0 Å². The second-order valence-corrected chi connectivity index (χ2v) is 3.81. The molecule has 0 aliphatic rings. The van der Waals surface area contributed by atoms with Gasteiger partial charge in [0, 0.05) is 0 Å². The van der Waals surface area contributed by atoms with Crippen molar-refractivity contribution in [3.05, 3.63) is 0 Å². The predicted octanol–water partition coefficient (Wildman–Crippen LogP) is 3.57. The molecule has 0 fully saturated rings. The van der Waals surface area contributed by atoms with E-state index in [-0.39, 0.29) is 0 Å². The molecule has 0 amide bonds. The average molecular weight is 160 g/mol. The van der Waals surface area contributed by atoms with E-state index in [1.807, 2.05) is 11.8 Å². The van der Waals surface area contributed by atoms with Crippen molar-refractivity contribution in [1.29, 1.82) is 0 Å². The molecule has 0 saturated carbocycles. The van der Waals surface area contributed by atoms with Gasteiger partial charge in [-0.15, -0.1) is 0 Å². The molecule has 0 radical (unpaired) electrons. The van der Waals surface area contributed by atoms with Gasteiger partial charge in [-0.2, -0.15) is 11.8 Å². The number of rotatable bonds is 6. The van der Waals surface area contributed by atoms with Gasteiger partial charge in [0.15, 0.2) is 0 Å². The molecule has 0 aliphatic carbocycles. The van der Waals surface area contributed by atoms with E-state index in [9.17, 15) is 0 Å². The Kier molecular flexibility index (Phi) is 7.72. The summed E-state index contributed by atoms with van der Waals surface area (Å²) in [7, 11) is 0. The normalized spacial score (nSPS) is 10.8. The van der Waals surface area contributed by atoms with E-state index in [0.717, 1.165) is 5.92 Å². The Balaban J connectivity index is 3.30. The molecule has 0 spiro atoms. The molecule has 0 nitrogen and oxygen atoms in total. The summed E-state index contributed by atoms with van der Waals surface area (Å²) in [4.78, 5) is 0. The van der Waals surface area contributed by atoms with Gasteiger partial charge < -0.3 is 0 Å². The first-order valence-electron chi connectivity index (χ1n) is 4.34. The highest BCUT2D eigenvalue weighted by molar-refractivity contribution is 7.98. The van der Waals surface area contributed by atoms with Gasteiger partial charge in [0.2, 0.25) is 0 Å². The SMILES string of the molecule is CCCC(CCC)CSC. The zero-order valence-electron chi connectivity index (χ0n) is 7.52. The van der Waals surface area contributed by atoms with Crippen molar-refractivity contribution < 1.29 is 0 Å². The maximum Gasteiger partial charge on any atom is -0.00419 e. The highest BCUT2D eigenvalue weighted by Crippen LogP contribution is 2.17. The Bertz CT molecular complexity index is 47.5. The molecule has 0 aromatic carbocycles. The van der Waals surface area contributed by atoms with Crippen LogP contribution in [0.1, 0.15) is 39.5 Å². The minimum Gasteiger partial charge on any atom is -0.165 e. The lowest BCUT2D eigenvalue weighted by Gasteiger charge is -2.12. The van der Waals surface area contributed by atoms with Crippen molar-refractivity contribution in [3.8, 4) is 0 Å². The summed E-state index contributed by atoms with van der Waals surface area (Å²) in [6.07, 6.45) is 7.76. The Labute approximate surface area is 69.8 Å². The summed E-state index contributed by atoms with van der Waals surface area (Å²) in [6, 6.07) is 0. The minimum absolute atomic E-state index is 0.991. The van der Waals surface area contributed by atoms with E-state index in [1.54, 1.807) is 0 Å². The average Bonchev–Trinajstić information content (AvgIpc) is 1.90. The van der Waals surface area contributed by atoms with Crippen molar-refractivity contribution in [2.45, 2.75) is 39.5 Å². The van der Waals surface area contributed by atoms with E-state index in [0.29, 0.717) is 0 Å². The fraction of sp³-hybridized carbons (Fsp3) is 1.00. The first-order chi connectivity index (χ1) is 4.85. The lowest BCUT2D eigenvalue weighted by atomic mass is 10.0. The molecule has 0 aromatic heterocycles. The van der Waals surface area contributed by atoms with Crippen LogP contribution in [0.2, 0.25) is 0 Å². The summed E-state index contributed by atoms with van der Waals surface area (Å²) in [6.45, 7) is 4.56. The van der Waals surface area contributed by atoms with Crippen molar-refractivity contribution >= 4 is 11.8 Å². The summed E-state index contributed by atoms with van der Waals surface area (Å²) in [5, 5.41) is 0. The van der Waals surface area contributed by atoms with Crippen LogP contribution >= 0.6 is 11.8 Å². The van der Waals surface area contributed by atoms with Crippen LogP contribution in [0.5, 0.6) is 0 Å². The smallest absolute Gasteiger partial charge is 0.00419 e. The Morgan fingerprint density at radius 3 is 1.90 bits per heavy atom. The molecule has 10 heavy (non-hydrogen) atoms. The van der Waals surface area contributed by atoms with Crippen molar-refractivity contribution in [3.63, 3.8) is 0 Å². The van der Waals surface area contributed by atoms with E-state index >= 15 is 0 Å². The van der Waals surface area contributed by atoms with Crippen LogP contribution in [0.3, 0.4) is 0 Å². The molecule has 0 aromatic rings. The Hall–Kier alpha value is 0.350. The fourth-order valence-electron chi connectivity index (χ4n) is 1.36. The van der Waals surface area contributed by atoms with Crippen LogP contribution in [0.15, 0.2) is 0 Å². The maximum atomic E-state index is 2.28. The van der Waals surface area contributed by atoms with Gasteiger partial charge in [-0.1, -0.05) is 26.7 Å². The third-order valence-corrected chi connectivity index (χ3v) is 2.60. The quantitative estimate of drug-likeness (QED) is 0.572. The van der Waals surface area contributed by atoms with Crippen LogP contribution in [0.25, 0.3) is 0 Å². The molecule has 0 saturated heterocycles. The topological polar surface area (TPSA) is 0 Å². The lowest BCUT2D eigenvalue weighted by molar-refractivity contribution is 0.488. The molecule has 0 unspecified atom stereocenters. The second-order valence-electron chi connectivity index (χ2n) is 2.90. The molecule has 62 valence electrons. The van der Waals surface area contributed by atoms with E-state index in [1.165, 1.54) is 31.4 Å². The predicted molar refractivity (Wildman–Crippen MR) is 51.7 cm³/mol. The zero-order valence-corrected chi connectivity index (χ0v) is 8.34. The minimum atomic E-state index is 0.991. The highest BCUT2D eigenvalue weighted by Gasteiger charge is 2.03. The van der Waals surface area contributed by atoms with Gasteiger partial charge in [0.05, 0.1) is 0 Å². The van der Waals surface area contributed by atoms with Crippen molar-refractivity contribution in [2.75, 3.05) is 12.0 Å². The molecule has 0 aliphatic heterocycles. The summed E-state index contributed by atoms with van der Waals surface area (Å²) in [5.41, 5.74) is 0. The standard InChI is InChI=1S/C9H20S/c1-4-6-9(7-5-2)8-10-3/h9H,4-8H2,1-3H3. The largest absolute Gasteiger partial charge is 0.165 e. The molecule has 0 rings (SSSR count). The molecular formula is C9H20S. The Morgan fingerprint density at radius 2 is 1.60 bits per heavy atom. The third-order valence-electron chi connectivity index (χ3n) is 1.80. The monoisotopic (exact) mass is 160 g/mol. The first-order valence-corrected chi connectivity index (χ1v) is 5.73. The third kappa shape index (κ3) is 5.16. The molecule has 1 heteroatoms. The summed E-state index contributed by atoms with van der Waals surface area (Å²) >= 11 is 1.99. The number of hydrogen-bond acceptors (Lipinski definition) is 1. The molecule has 0 atom stereocenters. The number of thioether (sulfide) groups is 1. The maximum absolute atomic E-state index is 2.28. The Morgan fingerprint density at radius 1 is 1.10 bits per heavy atom. The van der Waals surface area contributed by atoms with Crippen LogP contribution in [-0.2, 0) is 0 Å². The van der Waals surface area contributed by atoms with Gasteiger partial charge in [-0.05, 0) is 30.8 Å². The summed E-state index contributed by atoms with van der Waals surface area (Å²) in [5.74, 6) is 2.35. The molecular weight excluding hydrogens is 140 g/mol. The van der Waals surface area contributed by atoms with Crippen LogP contribution in [-0.4, -0.2) is 12.0 Å². The second kappa shape index (κ2) is 7.46. The van der Waals surface area contributed by atoms with Crippen LogP contribution in [0, 0.1) is 5.92 Å². The van der Waals surface area contributed by atoms with Gasteiger partial charge in [-0.25, -0.2) is 0 Å². The van der Waals surface area contributed by atoms with E-state index in [4.69, 9.17) is 0 Å². The summed E-state index contributed by atoms with van der Waals surface area (Å²) < 4.78 is 0. The van der Waals surface area contributed by atoms with Gasteiger partial charge in [0.25, 0.3) is 0 Å². The van der Waals surface area contributed by atoms with Gasteiger partial charge in [-0.3, -0.25) is 0 Å². The molecule has 0 heterocycles. The lowest BCUT2D eigenvalue weighted by Crippen LogP contribution is -2.02. The zero-order chi connectivity index (χ0) is 7.82. The molecule has 0 N–H and O–H groups in total. The highest BCUT2D eigenvalue weighted by atomic mass is 32.2. The molecule has 0 bridgehead atoms. The van der Waals surface area contributed by atoms with Crippen LogP contribution in [0.4, 0.5) is 0 Å². The van der Waals surface area contributed by atoms with Crippen LogP contribution < -0.4 is 0 Å². The van der Waals surface area contributed by atoms with Gasteiger partial charge in [0.1, 0.15) is 0 Å². The first kappa shape index (κ1) is 10.3. The number of hydrogen-bond donors (Lipinski definition) is 0. The fourth-order valence-corrected chi connectivity index (χ4v) is 2.17. The van der Waals surface area contributed by atoms with E-state index in [2.05, 4.69) is 20.1 Å².